The molecule has 0 aromatic carbocycles. The number of ether oxygens (including phenoxy) is 3. The highest BCUT2D eigenvalue weighted by Gasteiger charge is 2.23. The van der Waals surface area contributed by atoms with Crippen LogP contribution in [0.25, 0.3) is 5.52 Å². The number of halogens is 1. The summed E-state index contributed by atoms with van der Waals surface area (Å²) in [7, 11) is 1.51. The van der Waals surface area contributed by atoms with E-state index in [0.717, 1.165) is 32.8 Å². The molecule has 1 fully saturated rings. The molecule has 31 heavy (non-hydrogen) atoms. The first-order valence-electron chi connectivity index (χ1n) is 9.51. The number of pyridine rings is 1. The smallest absolute Gasteiger partial charge is 0.388 e. The van der Waals surface area contributed by atoms with E-state index >= 15 is 0 Å². The zero-order chi connectivity index (χ0) is 21.8. The first kappa shape index (κ1) is 21.0. The van der Waals surface area contributed by atoms with Gasteiger partial charge in [0.1, 0.15) is 17.1 Å². The molecule has 0 bridgehead atoms. The Bertz CT molecular complexity index is 1090. The largest absolute Gasteiger partial charge is 0.475 e. The summed E-state index contributed by atoms with van der Waals surface area (Å²) in [6, 6.07) is 0. The van der Waals surface area contributed by atoms with Crippen molar-refractivity contribution in [2.75, 3.05) is 51.8 Å². The van der Waals surface area contributed by atoms with Crippen molar-refractivity contribution in [3.05, 3.63) is 39.9 Å². The number of hydrogen-bond donors (Lipinski definition) is 1. The number of morpholine rings is 1. The van der Waals surface area contributed by atoms with E-state index < -0.39 is 4.92 Å². The third-order valence-electron chi connectivity index (χ3n) is 4.71. The highest BCUT2D eigenvalue weighted by molar-refractivity contribution is 6.35. The van der Waals surface area contributed by atoms with Crippen LogP contribution < -0.4 is 14.8 Å². The summed E-state index contributed by atoms with van der Waals surface area (Å²) < 4.78 is 18.4. The van der Waals surface area contributed by atoms with Crippen molar-refractivity contribution in [1.29, 1.82) is 0 Å². The van der Waals surface area contributed by atoms with Crippen LogP contribution in [0.3, 0.4) is 0 Å². The summed E-state index contributed by atoms with van der Waals surface area (Å²) in [6.45, 7) is 4.56. The van der Waals surface area contributed by atoms with Crippen molar-refractivity contribution in [1.82, 2.24) is 24.5 Å². The molecule has 4 heterocycles. The Morgan fingerprint density at radius 2 is 2.06 bits per heavy atom. The Balaban J connectivity index is 1.46. The Labute approximate surface area is 181 Å². The number of fused-ring (bicyclic) bond motifs is 1. The van der Waals surface area contributed by atoms with Crippen molar-refractivity contribution in [3.8, 4) is 17.4 Å². The number of hydrogen-bond acceptors (Lipinski definition) is 10. The predicted octanol–water partition coefficient (Wildman–Crippen LogP) is 2.23. The van der Waals surface area contributed by atoms with Crippen LogP contribution in [-0.4, -0.2) is 75.9 Å². The van der Waals surface area contributed by atoms with Crippen LogP contribution in [-0.2, 0) is 4.74 Å². The van der Waals surface area contributed by atoms with Crippen LogP contribution in [0.1, 0.15) is 0 Å². The zero-order valence-corrected chi connectivity index (χ0v) is 17.4. The Kier molecular flexibility index (Phi) is 6.30. The molecule has 0 atom stereocenters. The minimum absolute atomic E-state index is 0.0413. The number of nitro groups is 1. The number of nitrogens with one attached hydrogen (secondary N) is 1. The Hall–Kier alpha value is -3.22. The van der Waals surface area contributed by atoms with Crippen LogP contribution in [0.5, 0.6) is 17.4 Å². The molecule has 0 radical (unpaired) electrons. The van der Waals surface area contributed by atoms with E-state index in [0.29, 0.717) is 23.8 Å². The molecule has 4 rings (SSSR count). The van der Waals surface area contributed by atoms with E-state index in [1.165, 1.54) is 19.4 Å². The molecule has 1 saturated heterocycles. The lowest BCUT2D eigenvalue weighted by molar-refractivity contribution is -0.388. The Morgan fingerprint density at radius 1 is 1.26 bits per heavy atom. The van der Waals surface area contributed by atoms with Gasteiger partial charge in [-0.05, 0) is 9.91 Å². The molecule has 13 heteroatoms. The number of anilines is 1. The summed E-state index contributed by atoms with van der Waals surface area (Å²) >= 11 is 6.27. The average molecular weight is 450 g/mol. The SMILES string of the molecule is CNc1c([N+](=O)[O-])ncc(Oc2cnn3cc(OCCN4CCOCC4)ncc23)c1Cl. The average Bonchev–Trinajstić information content (AvgIpc) is 3.17. The molecule has 0 aliphatic carbocycles. The van der Waals surface area contributed by atoms with E-state index in [2.05, 4.69) is 25.3 Å². The summed E-state index contributed by atoms with van der Waals surface area (Å²) in [5.74, 6) is 0.562. The first-order valence-corrected chi connectivity index (χ1v) is 9.89. The van der Waals surface area contributed by atoms with Crippen molar-refractivity contribution in [2.24, 2.45) is 0 Å². The lowest BCUT2D eigenvalue weighted by Crippen LogP contribution is -2.38. The molecule has 1 aliphatic rings. The zero-order valence-electron chi connectivity index (χ0n) is 16.7. The fourth-order valence-electron chi connectivity index (χ4n) is 3.11. The molecule has 164 valence electrons. The number of aromatic nitrogens is 4. The van der Waals surface area contributed by atoms with Gasteiger partial charge in [-0.1, -0.05) is 11.6 Å². The molecule has 0 amide bonds. The maximum atomic E-state index is 11.1. The van der Waals surface area contributed by atoms with Gasteiger partial charge in [0, 0.05) is 26.7 Å². The topological polar surface area (TPSA) is 129 Å². The van der Waals surface area contributed by atoms with Crippen molar-refractivity contribution in [2.45, 2.75) is 0 Å². The van der Waals surface area contributed by atoms with Crippen LogP contribution in [0.4, 0.5) is 11.5 Å². The van der Waals surface area contributed by atoms with Gasteiger partial charge in [-0.15, -0.1) is 0 Å². The minimum Gasteiger partial charge on any atom is -0.475 e. The van der Waals surface area contributed by atoms with Gasteiger partial charge in [-0.25, -0.2) is 9.50 Å². The summed E-state index contributed by atoms with van der Waals surface area (Å²) in [6.07, 6.45) is 5.90. The van der Waals surface area contributed by atoms with Gasteiger partial charge < -0.3 is 29.6 Å². The summed E-state index contributed by atoms with van der Waals surface area (Å²) in [4.78, 5) is 20.9. The summed E-state index contributed by atoms with van der Waals surface area (Å²) in [5.41, 5.74) is 0.635. The van der Waals surface area contributed by atoms with Gasteiger partial charge in [0.25, 0.3) is 0 Å². The molecule has 12 nitrogen and oxygen atoms in total. The normalized spacial score (nSPS) is 14.5. The first-order chi connectivity index (χ1) is 15.1. The standard InChI is InChI=1S/C18H20ClN7O5/c1-20-17-16(19)14(9-22-18(17)26(27)28)31-13-10-23-25-11-15(21-8-12(13)25)30-7-4-24-2-5-29-6-3-24/h8-11,20H,2-7H2,1H3. The molecular formula is C18H20ClN7O5. The molecular weight excluding hydrogens is 430 g/mol. The van der Waals surface area contributed by atoms with Gasteiger partial charge in [0.2, 0.25) is 5.88 Å². The number of nitrogens with zero attached hydrogens (tertiary/aromatic N) is 6. The molecule has 3 aromatic heterocycles. The lowest BCUT2D eigenvalue weighted by Gasteiger charge is -2.26. The quantitative estimate of drug-likeness (QED) is 0.403. The molecule has 0 spiro atoms. The second kappa shape index (κ2) is 9.29. The molecule has 1 aliphatic heterocycles. The van der Waals surface area contributed by atoms with Gasteiger partial charge in [0.05, 0.1) is 31.8 Å². The van der Waals surface area contributed by atoms with Crippen molar-refractivity contribution < 1.29 is 19.1 Å². The predicted molar refractivity (Wildman–Crippen MR) is 111 cm³/mol. The van der Waals surface area contributed by atoms with Gasteiger partial charge >= 0.3 is 5.82 Å². The fraction of sp³-hybridized carbons (Fsp3) is 0.389. The highest BCUT2D eigenvalue weighted by Crippen LogP contribution is 2.39. The van der Waals surface area contributed by atoms with Crippen molar-refractivity contribution >= 4 is 28.6 Å². The van der Waals surface area contributed by atoms with Crippen LogP contribution in [0.15, 0.2) is 24.8 Å². The molecule has 3 aromatic rings. The van der Waals surface area contributed by atoms with Crippen LogP contribution in [0, 0.1) is 10.1 Å². The van der Waals surface area contributed by atoms with Crippen LogP contribution in [0.2, 0.25) is 5.02 Å². The molecule has 1 N–H and O–H groups in total. The van der Waals surface area contributed by atoms with E-state index in [1.807, 2.05) is 0 Å². The number of rotatable bonds is 8. The van der Waals surface area contributed by atoms with Gasteiger partial charge in [-0.2, -0.15) is 5.10 Å². The van der Waals surface area contributed by atoms with Gasteiger partial charge in [0.15, 0.2) is 23.4 Å². The second-order valence-electron chi connectivity index (χ2n) is 6.61. The van der Waals surface area contributed by atoms with Crippen molar-refractivity contribution in [3.63, 3.8) is 0 Å². The summed E-state index contributed by atoms with van der Waals surface area (Å²) in [5, 5.41) is 18.1. The van der Waals surface area contributed by atoms with Crippen LogP contribution >= 0.6 is 11.6 Å². The monoisotopic (exact) mass is 449 g/mol. The maximum Gasteiger partial charge on any atom is 0.388 e. The second-order valence-corrected chi connectivity index (χ2v) is 6.99. The Morgan fingerprint density at radius 3 is 2.81 bits per heavy atom. The van der Waals surface area contributed by atoms with E-state index in [4.69, 9.17) is 25.8 Å². The van der Waals surface area contributed by atoms with E-state index in [-0.39, 0.29) is 22.3 Å². The third kappa shape index (κ3) is 4.60. The fourth-order valence-corrected chi connectivity index (χ4v) is 3.38. The highest BCUT2D eigenvalue weighted by atomic mass is 35.5. The minimum atomic E-state index is -0.624. The lowest BCUT2D eigenvalue weighted by atomic mass is 10.3. The maximum absolute atomic E-state index is 11.1. The third-order valence-corrected chi connectivity index (χ3v) is 5.09. The van der Waals surface area contributed by atoms with Gasteiger partial charge in [-0.3, -0.25) is 4.90 Å². The molecule has 0 unspecified atom stereocenters. The van der Waals surface area contributed by atoms with E-state index in [9.17, 15) is 10.1 Å². The van der Waals surface area contributed by atoms with E-state index in [1.54, 1.807) is 16.9 Å². The molecule has 0 saturated carbocycles.